The van der Waals surface area contributed by atoms with Crippen molar-refractivity contribution in [3.63, 3.8) is 0 Å². The van der Waals surface area contributed by atoms with Crippen LogP contribution in [0.2, 0.25) is 0 Å². The summed E-state index contributed by atoms with van der Waals surface area (Å²) in [5.74, 6) is 0.689. The van der Waals surface area contributed by atoms with E-state index in [0.717, 1.165) is 31.1 Å². The van der Waals surface area contributed by atoms with Gasteiger partial charge in [0, 0.05) is 0 Å². The average molecular weight is 196 g/mol. The van der Waals surface area contributed by atoms with E-state index in [-0.39, 0.29) is 0 Å². The van der Waals surface area contributed by atoms with Gasteiger partial charge in [-0.15, -0.1) is 0 Å². The number of hydrogen-bond acceptors (Lipinski definition) is 1. The lowest BCUT2D eigenvalue weighted by molar-refractivity contribution is -0.105. The largest absolute Gasteiger partial charge is 0.298 e. The minimum atomic E-state index is 0.689. The van der Waals surface area contributed by atoms with E-state index in [2.05, 4.69) is 26.8 Å². The van der Waals surface area contributed by atoms with Crippen molar-refractivity contribution in [2.75, 3.05) is 0 Å². The van der Waals surface area contributed by atoms with Gasteiger partial charge in [-0.25, -0.2) is 0 Å². The van der Waals surface area contributed by atoms with E-state index in [1.165, 1.54) is 19.3 Å². The van der Waals surface area contributed by atoms with E-state index in [0.29, 0.717) is 5.92 Å². The van der Waals surface area contributed by atoms with Gasteiger partial charge in [-0.1, -0.05) is 39.7 Å². The highest BCUT2D eigenvalue weighted by molar-refractivity contribution is 5.72. The molecule has 0 aromatic heterocycles. The van der Waals surface area contributed by atoms with Gasteiger partial charge in [0.15, 0.2) is 0 Å². The summed E-state index contributed by atoms with van der Waals surface area (Å²) in [7, 11) is 0. The molecule has 0 N–H and O–H groups in total. The van der Waals surface area contributed by atoms with E-state index in [4.69, 9.17) is 0 Å². The third-order valence-corrected chi connectivity index (χ3v) is 2.38. The molecule has 0 saturated carbocycles. The van der Waals surface area contributed by atoms with Gasteiger partial charge in [0.2, 0.25) is 0 Å². The van der Waals surface area contributed by atoms with Gasteiger partial charge >= 0.3 is 0 Å². The molecule has 0 fully saturated rings. The molecular formula is C13H24O. The third-order valence-electron chi connectivity index (χ3n) is 2.38. The van der Waals surface area contributed by atoms with E-state index in [9.17, 15) is 4.79 Å². The van der Waals surface area contributed by atoms with Crippen molar-refractivity contribution in [2.24, 2.45) is 5.92 Å². The summed E-state index contributed by atoms with van der Waals surface area (Å²) in [5, 5.41) is 0. The zero-order valence-corrected chi connectivity index (χ0v) is 9.88. The summed E-state index contributed by atoms with van der Waals surface area (Å²) >= 11 is 0. The molecule has 0 unspecified atom stereocenters. The van der Waals surface area contributed by atoms with E-state index in [1.54, 1.807) is 0 Å². The van der Waals surface area contributed by atoms with E-state index in [1.807, 2.05) is 0 Å². The van der Waals surface area contributed by atoms with Crippen LogP contribution in [0, 0.1) is 5.92 Å². The highest BCUT2D eigenvalue weighted by Crippen LogP contribution is 2.11. The summed E-state index contributed by atoms with van der Waals surface area (Å²) < 4.78 is 0. The smallest absolute Gasteiger partial charge is 0.145 e. The lowest BCUT2D eigenvalue weighted by atomic mass is 10.0. The summed E-state index contributed by atoms with van der Waals surface area (Å²) in [6.07, 6.45) is 10.0. The van der Waals surface area contributed by atoms with Crippen molar-refractivity contribution in [3.05, 3.63) is 11.6 Å². The van der Waals surface area contributed by atoms with E-state index >= 15 is 0 Å². The third kappa shape index (κ3) is 8.03. The van der Waals surface area contributed by atoms with Crippen LogP contribution >= 0.6 is 0 Å². The number of rotatable bonds is 8. The van der Waals surface area contributed by atoms with Gasteiger partial charge in [0.25, 0.3) is 0 Å². The van der Waals surface area contributed by atoms with Crippen molar-refractivity contribution in [2.45, 2.75) is 59.3 Å². The minimum Gasteiger partial charge on any atom is -0.298 e. The number of carbonyl (C=O) groups excluding carboxylic acids is 1. The molecule has 0 heterocycles. The molecule has 0 aliphatic heterocycles. The number of carbonyl (C=O) groups is 1. The number of aldehydes is 1. The highest BCUT2D eigenvalue weighted by Gasteiger charge is 1.98. The van der Waals surface area contributed by atoms with Gasteiger partial charge in [-0.05, 0) is 37.2 Å². The molecule has 0 bridgehead atoms. The number of allylic oxidation sites excluding steroid dienone is 2. The topological polar surface area (TPSA) is 17.1 Å². The molecule has 0 aromatic carbocycles. The van der Waals surface area contributed by atoms with Gasteiger partial charge in [-0.2, -0.15) is 0 Å². The molecule has 0 aliphatic carbocycles. The van der Waals surface area contributed by atoms with Crippen LogP contribution in [-0.4, -0.2) is 6.29 Å². The maximum Gasteiger partial charge on any atom is 0.145 e. The van der Waals surface area contributed by atoms with Crippen LogP contribution in [0.25, 0.3) is 0 Å². The van der Waals surface area contributed by atoms with Crippen LogP contribution in [0.15, 0.2) is 11.6 Å². The molecule has 0 aromatic rings. The first-order valence-electron chi connectivity index (χ1n) is 5.84. The van der Waals surface area contributed by atoms with Gasteiger partial charge in [0.05, 0.1) is 0 Å². The summed E-state index contributed by atoms with van der Waals surface area (Å²) in [6, 6.07) is 0. The fourth-order valence-electron chi connectivity index (χ4n) is 1.35. The lowest BCUT2D eigenvalue weighted by Gasteiger charge is -2.03. The molecular weight excluding hydrogens is 172 g/mol. The Morgan fingerprint density at radius 2 is 2.00 bits per heavy atom. The first-order chi connectivity index (χ1) is 6.70. The Morgan fingerprint density at radius 3 is 2.50 bits per heavy atom. The molecule has 1 heteroatoms. The molecule has 0 aliphatic rings. The Hall–Kier alpha value is -0.590. The highest BCUT2D eigenvalue weighted by atomic mass is 16.1. The molecule has 0 saturated heterocycles. The second-order valence-corrected chi connectivity index (χ2v) is 4.33. The lowest BCUT2D eigenvalue weighted by Crippen LogP contribution is -1.91. The van der Waals surface area contributed by atoms with Gasteiger partial charge in [-0.3, -0.25) is 4.79 Å². The number of hydrogen-bond donors (Lipinski definition) is 0. The Bertz CT molecular complexity index is 168. The van der Waals surface area contributed by atoms with Crippen molar-refractivity contribution in [1.82, 2.24) is 0 Å². The van der Waals surface area contributed by atoms with Crippen LogP contribution in [0.1, 0.15) is 59.3 Å². The molecule has 0 radical (unpaired) electrons. The van der Waals surface area contributed by atoms with Crippen molar-refractivity contribution >= 4 is 6.29 Å². The Morgan fingerprint density at radius 1 is 1.29 bits per heavy atom. The van der Waals surface area contributed by atoms with Crippen LogP contribution in [0.5, 0.6) is 0 Å². The molecule has 0 atom stereocenters. The van der Waals surface area contributed by atoms with Crippen LogP contribution < -0.4 is 0 Å². The summed E-state index contributed by atoms with van der Waals surface area (Å²) in [4.78, 5) is 10.7. The molecule has 1 nitrogen and oxygen atoms in total. The maximum absolute atomic E-state index is 10.7. The maximum atomic E-state index is 10.7. The minimum absolute atomic E-state index is 0.689. The predicted molar refractivity (Wildman–Crippen MR) is 62.4 cm³/mol. The summed E-state index contributed by atoms with van der Waals surface area (Å²) in [6.45, 7) is 6.59. The second-order valence-electron chi connectivity index (χ2n) is 4.33. The second kappa shape index (κ2) is 8.98. The zero-order chi connectivity index (χ0) is 10.8. The molecule has 0 amide bonds. The fourth-order valence-corrected chi connectivity index (χ4v) is 1.35. The van der Waals surface area contributed by atoms with Gasteiger partial charge in [0.1, 0.15) is 6.29 Å². The van der Waals surface area contributed by atoms with Crippen molar-refractivity contribution in [1.29, 1.82) is 0 Å². The fraction of sp³-hybridized carbons (Fsp3) is 0.769. The predicted octanol–water partition coefficient (Wildman–Crippen LogP) is 4.13. The van der Waals surface area contributed by atoms with Gasteiger partial charge < -0.3 is 0 Å². The molecule has 0 rings (SSSR count). The first kappa shape index (κ1) is 13.4. The number of unbranched alkanes of at least 4 members (excludes halogenated alkanes) is 3. The Labute approximate surface area is 88.6 Å². The molecule has 14 heavy (non-hydrogen) atoms. The Balaban J connectivity index is 3.69. The van der Waals surface area contributed by atoms with Crippen LogP contribution in [-0.2, 0) is 4.79 Å². The first-order valence-corrected chi connectivity index (χ1v) is 5.84. The van der Waals surface area contributed by atoms with Crippen LogP contribution in [0.4, 0.5) is 0 Å². The molecule has 82 valence electrons. The quantitative estimate of drug-likeness (QED) is 0.324. The molecule has 0 spiro atoms. The summed E-state index contributed by atoms with van der Waals surface area (Å²) in [5.41, 5.74) is 0.995. The van der Waals surface area contributed by atoms with E-state index < -0.39 is 0 Å². The average Bonchev–Trinajstić information content (AvgIpc) is 2.16. The van der Waals surface area contributed by atoms with Crippen molar-refractivity contribution in [3.8, 4) is 0 Å². The normalized spacial score (nSPS) is 12.1. The van der Waals surface area contributed by atoms with Crippen LogP contribution in [0.3, 0.4) is 0 Å². The zero-order valence-electron chi connectivity index (χ0n) is 9.88. The monoisotopic (exact) mass is 196 g/mol. The Kier molecular flexibility index (Phi) is 8.61. The SMILES string of the molecule is CCCCCC=C(C=O)CCC(C)C. The van der Waals surface area contributed by atoms with Crippen molar-refractivity contribution < 1.29 is 4.79 Å². The standard InChI is InChI=1S/C13H24O/c1-4-5-6-7-8-13(11-14)10-9-12(2)3/h8,11-12H,4-7,9-10H2,1-3H3.